The number of para-hydroxylation sites is 2. The van der Waals surface area contributed by atoms with Gasteiger partial charge in [-0.1, -0.05) is 36.4 Å². The van der Waals surface area contributed by atoms with E-state index < -0.39 is 17.7 Å². The number of nitrogens with zero attached hydrogens (tertiary/aromatic N) is 1. The molecule has 0 bridgehead atoms. The van der Waals surface area contributed by atoms with Crippen LogP contribution in [0.5, 0.6) is 0 Å². The quantitative estimate of drug-likeness (QED) is 0.555. The maximum absolute atomic E-state index is 13.2. The van der Waals surface area contributed by atoms with Crippen LogP contribution < -0.4 is 10.2 Å². The number of aromatic nitrogens is 1. The molecule has 1 atom stereocenters. The summed E-state index contributed by atoms with van der Waals surface area (Å²) in [5.41, 5.74) is 3.29. The van der Waals surface area contributed by atoms with Crippen LogP contribution in [0, 0.1) is 6.92 Å². The largest absolute Gasteiger partial charge is 0.358 e. The lowest BCUT2D eigenvalue weighted by Crippen LogP contribution is -2.49. The minimum absolute atomic E-state index is 0.289. The topological polar surface area (TPSA) is 82.3 Å². The first-order valence-corrected chi connectivity index (χ1v) is 8.77. The lowest BCUT2D eigenvalue weighted by Gasteiger charge is -2.23. The van der Waals surface area contributed by atoms with Crippen LogP contribution in [-0.4, -0.2) is 35.7 Å². The number of H-pyrrole nitrogens is 1. The van der Waals surface area contributed by atoms with Crippen molar-refractivity contribution in [1.82, 2.24) is 10.3 Å². The number of benzene rings is 2. The van der Waals surface area contributed by atoms with E-state index in [0.29, 0.717) is 28.8 Å². The van der Waals surface area contributed by atoms with Gasteiger partial charge in [-0.25, -0.2) is 0 Å². The van der Waals surface area contributed by atoms with Crippen molar-refractivity contribution < 1.29 is 14.4 Å². The molecule has 6 heteroatoms. The van der Waals surface area contributed by atoms with E-state index in [1.807, 2.05) is 36.4 Å². The summed E-state index contributed by atoms with van der Waals surface area (Å²) in [6.07, 6.45) is 0.391. The maximum atomic E-state index is 13.2. The molecule has 4 rings (SSSR count). The molecule has 2 amide bonds. The highest BCUT2D eigenvalue weighted by atomic mass is 16.2. The van der Waals surface area contributed by atoms with Gasteiger partial charge in [0.1, 0.15) is 6.04 Å². The predicted molar refractivity (Wildman–Crippen MR) is 103 cm³/mol. The van der Waals surface area contributed by atoms with Crippen molar-refractivity contribution in [2.45, 2.75) is 19.4 Å². The van der Waals surface area contributed by atoms with E-state index in [2.05, 4.69) is 10.3 Å². The summed E-state index contributed by atoms with van der Waals surface area (Å²) in [6, 6.07) is 13.9. The minimum Gasteiger partial charge on any atom is -0.358 e. The number of rotatable bonds is 3. The van der Waals surface area contributed by atoms with E-state index in [-0.39, 0.29) is 5.91 Å². The average Bonchev–Trinajstić information content (AvgIpc) is 3.23. The highest BCUT2D eigenvalue weighted by Gasteiger charge is 2.41. The molecule has 1 aliphatic heterocycles. The van der Waals surface area contributed by atoms with Crippen LogP contribution in [0.25, 0.3) is 10.9 Å². The van der Waals surface area contributed by atoms with Crippen LogP contribution in [0.15, 0.2) is 48.5 Å². The number of Topliss-reactive ketones (excluding diaryl/α,β-unsaturated/α-hetero) is 1. The van der Waals surface area contributed by atoms with Crippen LogP contribution in [0.2, 0.25) is 0 Å². The number of hydrogen-bond acceptors (Lipinski definition) is 3. The molecule has 27 heavy (non-hydrogen) atoms. The fraction of sp³-hybridized carbons (Fsp3) is 0.190. The van der Waals surface area contributed by atoms with Crippen LogP contribution in [0.3, 0.4) is 0 Å². The van der Waals surface area contributed by atoms with Gasteiger partial charge < -0.3 is 10.3 Å². The van der Waals surface area contributed by atoms with Crippen LogP contribution in [0.4, 0.5) is 5.69 Å². The maximum Gasteiger partial charge on any atom is 0.300 e. The summed E-state index contributed by atoms with van der Waals surface area (Å²) in [5.74, 6) is -1.60. The molecule has 0 fully saturated rings. The summed E-state index contributed by atoms with van der Waals surface area (Å²) in [6.45, 7) is 1.77. The molecule has 6 nitrogen and oxygen atoms in total. The van der Waals surface area contributed by atoms with E-state index in [0.717, 1.165) is 11.1 Å². The number of hydrogen-bond donors (Lipinski definition) is 2. The molecule has 0 saturated carbocycles. The van der Waals surface area contributed by atoms with Gasteiger partial charge in [-0.15, -0.1) is 0 Å². The third-order valence-corrected chi connectivity index (χ3v) is 5.06. The molecule has 0 aliphatic carbocycles. The molecule has 1 aliphatic rings. The zero-order chi connectivity index (χ0) is 19.1. The Morgan fingerprint density at radius 2 is 1.78 bits per heavy atom. The molecule has 1 aromatic heterocycles. The monoisotopic (exact) mass is 361 g/mol. The smallest absolute Gasteiger partial charge is 0.300 e. The first-order valence-electron chi connectivity index (χ1n) is 8.77. The van der Waals surface area contributed by atoms with Gasteiger partial charge in [0, 0.05) is 35.8 Å². The second kappa shape index (κ2) is 6.39. The van der Waals surface area contributed by atoms with Crippen LogP contribution >= 0.6 is 0 Å². The number of fused-ring (bicyclic) bond motifs is 2. The van der Waals surface area contributed by atoms with Gasteiger partial charge in [-0.3, -0.25) is 19.3 Å². The number of likely N-dealkylation sites (N-methyl/N-ethyl adjacent to an activating group) is 1. The Morgan fingerprint density at radius 3 is 2.56 bits per heavy atom. The lowest BCUT2D eigenvalue weighted by molar-refractivity contribution is -0.124. The number of amides is 2. The molecule has 2 aromatic carbocycles. The molecule has 0 radical (unpaired) electrons. The SMILES string of the molecule is CNC(=O)C1Cc2ccccc2N1C(=O)C(=O)c1c(C)[nH]c2ccccc12. The number of anilines is 1. The molecular formula is C21H19N3O3. The molecule has 0 spiro atoms. The molecule has 2 heterocycles. The Morgan fingerprint density at radius 1 is 1.07 bits per heavy atom. The van der Waals surface area contributed by atoms with Gasteiger partial charge in [0.05, 0.1) is 5.56 Å². The number of aryl methyl sites for hydroxylation is 1. The second-order valence-electron chi connectivity index (χ2n) is 6.64. The van der Waals surface area contributed by atoms with E-state index in [9.17, 15) is 14.4 Å². The van der Waals surface area contributed by atoms with Gasteiger partial charge in [0.25, 0.3) is 11.7 Å². The number of carbonyl (C=O) groups is 3. The predicted octanol–water partition coefficient (Wildman–Crippen LogP) is 2.36. The fourth-order valence-electron chi connectivity index (χ4n) is 3.80. The van der Waals surface area contributed by atoms with Gasteiger partial charge in [0.15, 0.2) is 0 Å². The summed E-state index contributed by atoms with van der Waals surface area (Å²) in [5, 5.41) is 3.30. The number of nitrogens with one attached hydrogen (secondary N) is 2. The third-order valence-electron chi connectivity index (χ3n) is 5.06. The first kappa shape index (κ1) is 17.0. The minimum atomic E-state index is -0.727. The second-order valence-corrected chi connectivity index (χ2v) is 6.64. The number of carbonyl (C=O) groups excluding carboxylic acids is 3. The Hall–Kier alpha value is -3.41. The zero-order valence-corrected chi connectivity index (χ0v) is 15.1. The van der Waals surface area contributed by atoms with Crippen LogP contribution in [-0.2, 0) is 16.0 Å². The molecule has 136 valence electrons. The Balaban J connectivity index is 1.79. The molecular weight excluding hydrogens is 342 g/mol. The highest BCUT2D eigenvalue weighted by molar-refractivity contribution is 6.50. The van der Waals surface area contributed by atoms with Crippen molar-refractivity contribution in [2.24, 2.45) is 0 Å². The normalized spacial score (nSPS) is 15.6. The molecule has 3 aromatic rings. The Kier molecular flexibility index (Phi) is 4.03. The molecule has 1 unspecified atom stereocenters. The Bertz CT molecular complexity index is 1080. The zero-order valence-electron chi connectivity index (χ0n) is 15.1. The van der Waals surface area contributed by atoms with Crippen molar-refractivity contribution in [3.05, 3.63) is 65.4 Å². The lowest BCUT2D eigenvalue weighted by atomic mass is 10.0. The molecule has 2 N–H and O–H groups in total. The van der Waals surface area contributed by atoms with Gasteiger partial charge in [-0.2, -0.15) is 0 Å². The summed E-state index contributed by atoms with van der Waals surface area (Å²) in [4.78, 5) is 43.2. The van der Waals surface area contributed by atoms with Crippen molar-refractivity contribution in [1.29, 1.82) is 0 Å². The van der Waals surface area contributed by atoms with E-state index in [4.69, 9.17) is 0 Å². The summed E-state index contributed by atoms with van der Waals surface area (Å²) < 4.78 is 0. The summed E-state index contributed by atoms with van der Waals surface area (Å²) in [7, 11) is 1.53. The summed E-state index contributed by atoms with van der Waals surface area (Å²) >= 11 is 0. The van der Waals surface area contributed by atoms with E-state index in [1.54, 1.807) is 19.1 Å². The number of aromatic amines is 1. The van der Waals surface area contributed by atoms with Crippen molar-refractivity contribution in [2.75, 3.05) is 11.9 Å². The first-order chi connectivity index (χ1) is 13.0. The van der Waals surface area contributed by atoms with Crippen molar-refractivity contribution in [3.8, 4) is 0 Å². The van der Waals surface area contributed by atoms with Crippen LogP contribution in [0.1, 0.15) is 21.6 Å². The molecule has 0 saturated heterocycles. The number of ketones is 1. The van der Waals surface area contributed by atoms with Gasteiger partial charge in [0.2, 0.25) is 5.91 Å². The van der Waals surface area contributed by atoms with Gasteiger partial charge in [-0.05, 0) is 24.6 Å². The third kappa shape index (κ3) is 2.61. The fourth-order valence-corrected chi connectivity index (χ4v) is 3.80. The van der Waals surface area contributed by atoms with Crippen molar-refractivity contribution >= 4 is 34.2 Å². The standard InChI is InChI=1S/C21H19N3O3/c1-12-18(14-8-4-5-9-15(14)23-12)19(25)21(27)24-16-10-6-3-7-13(16)11-17(24)20(26)22-2/h3-10,17,23H,11H2,1-2H3,(H,22,26). The van der Waals surface area contributed by atoms with Crippen molar-refractivity contribution in [3.63, 3.8) is 0 Å². The van der Waals surface area contributed by atoms with E-state index in [1.165, 1.54) is 11.9 Å². The van der Waals surface area contributed by atoms with Gasteiger partial charge >= 0.3 is 0 Å². The average molecular weight is 361 g/mol. The highest BCUT2D eigenvalue weighted by Crippen LogP contribution is 2.33. The Labute approximate surface area is 156 Å². The van der Waals surface area contributed by atoms with E-state index >= 15 is 0 Å².